The Morgan fingerprint density at radius 1 is 1.06 bits per heavy atom. The van der Waals surface area contributed by atoms with Gasteiger partial charge < -0.3 is 0 Å². The number of ketones is 2. The number of hydrogen-bond donors (Lipinski definition) is 0. The lowest BCUT2D eigenvalue weighted by Crippen LogP contribution is -2.39. The zero-order chi connectivity index (χ0) is 11.6. The van der Waals surface area contributed by atoms with Crippen molar-refractivity contribution >= 4 is 11.6 Å². The lowest BCUT2D eigenvalue weighted by atomic mass is 9.71. The van der Waals surface area contributed by atoms with Crippen molar-refractivity contribution in [1.82, 2.24) is 4.98 Å². The fraction of sp³-hybridized carbons (Fsp3) is 0.357. The van der Waals surface area contributed by atoms with Crippen LogP contribution in [0.2, 0.25) is 0 Å². The van der Waals surface area contributed by atoms with Crippen molar-refractivity contribution in [1.29, 1.82) is 0 Å². The zero-order valence-electron chi connectivity index (χ0n) is 9.17. The molecule has 0 unspecified atom stereocenters. The van der Waals surface area contributed by atoms with E-state index in [2.05, 4.69) is 17.1 Å². The van der Waals surface area contributed by atoms with E-state index in [1.165, 1.54) is 0 Å². The van der Waals surface area contributed by atoms with Crippen LogP contribution in [0.1, 0.15) is 27.3 Å². The van der Waals surface area contributed by atoms with Crippen LogP contribution in [0.3, 0.4) is 0 Å². The number of pyridine rings is 1. The maximum atomic E-state index is 12.4. The molecule has 0 N–H and O–H groups in total. The average Bonchev–Trinajstić information content (AvgIpc) is 2.96. The number of aromatic nitrogens is 1. The first-order valence-electron chi connectivity index (χ1n) is 5.99. The van der Waals surface area contributed by atoms with E-state index in [9.17, 15) is 9.59 Å². The van der Waals surface area contributed by atoms with Crippen LogP contribution in [0, 0.1) is 23.7 Å². The highest BCUT2D eigenvalue weighted by Crippen LogP contribution is 2.52. The summed E-state index contributed by atoms with van der Waals surface area (Å²) >= 11 is 0. The molecule has 4 rings (SSSR count). The standard InChI is InChI=1S/C14H11NO2/c16-13-9-2-1-5-15-12(9)14(17)11-8-4-3-7(6-8)10(11)13/h1-5,7-8,10-11H,6H2/t7-,8-,10-,11-/m0/s1. The molecule has 3 aliphatic rings. The Hall–Kier alpha value is -1.77. The monoisotopic (exact) mass is 225 g/mol. The van der Waals surface area contributed by atoms with E-state index < -0.39 is 0 Å². The second kappa shape index (κ2) is 2.92. The fourth-order valence-corrected chi connectivity index (χ4v) is 3.68. The third-order valence-electron chi connectivity index (χ3n) is 4.37. The Morgan fingerprint density at radius 2 is 1.76 bits per heavy atom. The zero-order valence-corrected chi connectivity index (χ0v) is 9.17. The first-order valence-corrected chi connectivity index (χ1v) is 5.99. The number of nitrogens with zero attached hydrogens (tertiary/aromatic N) is 1. The summed E-state index contributed by atoms with van der Waals surface area (Å²) in [4.78, 5) is 28.9. The van der Waals surface area contributed by atoms with E-state index in [-0.39, 0.29) is 35.2 Å². The third-order valence-corrected chi connectivity index (χ3v) is 4.37. The van der Waals surface area contributed by atoms with Gasteiger partial charge in [-0.25, -0.2) is 0 Å². The van der Waals surface area contributed by atoms with Gasteiger partial charge in [0.25, 0.3) is 0 Å². The van der Waals surface area contributed by atoms with Crippen molar-refractivity contribution < 1.29 is 9.59 Å². The van der Waals surface area contributed by atoms with Crippen molar-refractivity contribution in [3.63, 3.8) is 0 Å². The molecule has 4 atom stereocenters. The molecule has 1 fully saturated rings. The Bertz CT molecular complexity index is 526. The molecule has 0 spiro atoms. The summed E-state index contributed by atoms with van der Waals surface area (Å²) in [5.74, 6) is 0.470. The van der Waals surface area contributed by atoms with E-state index in [0.29, 0.717) is 11.3 Å². The summed E-state index contributed by atoms with van der Waals surface area (Å²) in [5, 5.41) is 0. The molecule has 1 saturated carbocycles. The summed E-state index contributed by atoms with van der Waals surface area (Å²) in [6.07, 6.45) is 6.76. The summed E-state index contributed by atoms with van der Waals surface area (Å²) in [7, 11) is 0. The molecule has 0 radical (unpaired) electrons. The van der Waals surface area contributed by atoms with Crippen LogP contribution in [0.4, 0.5) is 0 Å². The molecule has 1 heterocycles. The maximum Gasteiger partial charge on any atom is 0.186 e. The number of fused-ring (bicyclic) bond motifs is 6. The van der Waals surface area contributed by atoms with Gasteiger partial charge in [0.1, 0.15) is 5.69 Å². The molecule has 0 saturated heterocycles. The predicted molar refractivity (Wildman–Crippen MR) is 60.6 cm³/mol. The summed E-state index contributed by atoms with van der Waals surface area (Å²) in [6, 6.07) is 3.46. The smallest absolute Gasteiger partial charge is 0.186 e. The van der Waals surface area contributed by atoms with E-state index in [1.54, 1.807) is 18.3 Å². The fourth-order valence-electron chi connectivity index (χ4n) is 3.68. The molecule has 2 bridgehead atoms. The Kier molecular flexibility index (Phi) is 1.59. The van der Waals surface area contributed by atoms with Crippen LogP contribution >= 0.6 is 0 Å². The van der Waals surface area contributed by atoms with Crippen LogP contribution in [-0.4, -0.2) is 16.6 Å². The minimum atomic E-state index is -0.139. The van der Waals surface area contributed by atoms with Gasteiger partial charge >= 0.3 is 0 Å². The van der Waals surface area contributed by atoms with Crippen molar-refractivity contribution in [2.75, 3.05) is 0 Å². The second-order valence-corrected chi connectivity index (χ2v) is 5.13. The van der Waals surface area contributed by atoms with Gasteiger partial charge in [-0.3, -0.25) is 14.6 Å². The van der Waals surface area contributed by atoms with Gasteiger partial charge in [-0.15, -0.1) is 0 Å². The van der Waals surface area contributed by atoms with E-state index in [0.717, 1.165) is 6.42 Å². The summed E-state index contributed by atoms with van der Waals surface area (Å²) in [6.45, 7) is 0. The van der Waals surface area contributed by atoms with E-state index >= 15 is 0 Å². The highest BCUT2D eigenvalue weighted by atomic mass is 16.1. The number of carbonyl (C=O) groups is 2. The van der Waals surface area contributed by atoms with Gasteiger partial charge in [0.15, 0.2) is 11.6 Å². The first kappa shape index (κ1) is 9.28. The normalized spacial score (nSPS) is 37.2. The Balaban J connectivity index is 1.94. The van der Waals surface area contributed by atoms with Gasteiger partial charge in [-0.1, -0.05) is 12.2 Å². The average molecular weight is 225 g/mol. The van der Waals surface area contributed by atoms with Crippen molar-refractivity contribution in [3.05, 3.63) is 41.7 Å². The van der Waals surface area contributed by atoms with Gasteiger partial charge in [-0.2, -0.15) is 0 Å². The third kappa shape index (κ3) is 0.996. The summed E-state index contributed by atoms with van der Waals surface area (Å²) in [5.41, 5.74) is 0.916. The van der Waals surface area contributed by atoms with Crippen LogP contribution in [0.15, 0.2) is 30.5 Å². The van der Waals surface area contributed by atoms with Crippen molar-refractivity contribution in [3.8, 4) is 0 Å². The van der Waals surface area contributed by atoms with Crippen LogP contribution in [-0.2, 0) is 0 Å². The molecule has 0 aliphatic heterocycles. The molecule has 17 heavy (non-hydrogen) atoms. The molecule has 84 valence electrons. The van der Waals surface area contributed by atoms with Gasteiger partial charge in [0, 0.05) is 23.6 Å². The van der Waals surface area contributed by atoms with Crippen LogP contribution in [0.5, 0.6) is 0 Å². The van der Waals surface area contributed by atoms with Crippen LogP contribution < -0.4 is 0 Å². The number of hydrogen-bond acceptors (Lipinski definition) is 3. The lowest BCUT2D eigenvalue weighted by molar-refractivity contribution is 0.0716. The molecule has 1 aromatic heterocycles. The SMILES string of the molecule is O=C1c2cccnc2C(=O)[C@@H]2[C@@H]1[C@H]1C=C[C@H]2C1. The lowest BCUT2D eigenvalue weighted by Gasteiger charge is -2.30. The first-order chi connectivity index (χ1) is 8.27. The molecular formula is C14H11NO2. The minimum absolute atomic E-state index is 0.0713. The largest absolute Gasteiger partial charge is 0.294 e. The van der Waals surface area contributed by atoms with E-state index in [1.807, 2.05) is 0 Å². The van der Waals surface area contributed by atoms with Crippen molar-refractivity contribution in [2.45, 2.75) is 6.42 Å². The second-order valence-electron chi connectivity index (χ2n) is 5.13. The van der Waals surface area contributed by atoms with Gasteiger partial charge in [0.05, 0.1) is 0 Å². The Labute approximate surface area is 98.6 Å². The quantitative estimate of drug-likeness (QED) is 0.633. The predicted octanol–water partition coefficient (Wildman–Crippen LogP) is 1.90. The number of allylic oxidation sites excluding steroid dienone is 2. The summed E-state index contributed by atoms with van der Waals surface area (Å²) < 4.78 is 0. The topological polar surface area (TPSA) is 47.0 Å². The maximum absolute atomic E-state index is 12.4. The highest BCUT2D eigenvalue weighted by molar-refractivity contribution is 6.15. The molecular weight excluding hydrogens is 214 g/mol. The highest BCUT2D eigenvalue weighted by Gasteiger charge is 2.54. The minimum Gasteiger partial charge on any atom is -0.294 e. The number of rotatable bonds is 0. The molecule has 3 heteroatoms. The molecule has 3 nitrogen and oxygen atoms in total. The molecule has 3 aliphatic carbocycles. The van der Waals surface area contributed by atoms with Crippen LogP contribution in [0.25, 0.3) is 0 Å². The molecule has 1 aromatic rings. The van der Waals surface area contributed by atoms with Gasteiger partial charge in [0.2, 0.25) is 0 Å². The molecule has 0 aromatic carbocycles. The van der Waals surface area contributed by atoms with Crippen molar-refractivity contribution in [2.24, 2.45) is 23.7 Å². The molecule has 0 amide bonds. The number of carbonyl (C=O) groups excluding carboxylic acids is 2. The van der Waals surface area contributed by atoms with Gasteiger partial charge in [-0.05, 0) is 30.4 Å². The Morgan fingerprint density at radius 3 is 2.53 bits per heavy atom. The number of Topliss-reactive ketones (excluding diaryl/α,β-unsaturated/α-hetero) is 2. The van der Waals surface area contributed by atoms with E-state index in [4.69, 9.17) is 0 Å².